The first-order valence-electron chi connectivity index (χ1n) is 5.89. The van der Waals surface area contributed by atoms with E-state index in [9.17, 15) is 0 Å². The normalized spacial score (nSPS) is 11.5. The van der Waals surface area contributed by atoms with Crippen LogP contribution in [0.3, 0.4) is 0 Å². The first-order chi connectivity index (χ1) is 8.06. The van der Waals surface area contributed by atoms with Gasteiger partial charge in [0.15, 0.2) is 0 Å². The van der Waals surface area contributed by atoms with E-state index in [1.165, 1.54) is 0 Å². The number of nitrogens with zero attached hydrogens (tertiary/aromatic N) is 2. The van der Waals surface area contributed by atoms with Crippen molar-refractivity contribution < 1.29 is 0 Å². The molecule has 1 aromatic carbocycles. The number of benzene rings is 1. The molecule has 0 saturated carbocycles. The van der Waals surface area contributed by atoms with Crippen LogP contribution in [0.1, 0.15) is 20.8 Å². The second kappa shape index (κ2) is 4.62. The quantitative estimate of drug-likeness (QED) is 0.875. The van der Waals surface area contributed by atoms with Crippen molar-refractivity contribution in [1.82, 2.24) is 9.55 Å². The highest BCUT2D eigenvalue weighted by Gasteiger charge is 2.11. The van der Waals surface area contributed by atoms with Crippen LogP contribution in [0.15, 0.2) is 42.7 Å². The van der Waals surface area contributed by atoms with Crippen LogP contribution in [-0.2, 0) is 0 Å². The molecule has 0 aliphatic carbocycles. The lowest BCUT2D eigenvalue weighted by Gasteiger charge is -2.19. The summed E-state index contributed by atoms with van der Waals surface area (Å²) in [5.74, 6) is 0.895. The third-order valence-electron chi connectivity index (χ3n) is 2.45. The second-order valence-corrected chi connectivity index (χ2v) is 5.37. The largest absolute Gasteiger partial charge is 0.355 e. The van der Waals surface area contributed by atoms with Crippen molar-refractivity contribution in [3.05, 3.63) is 42.7 Å². The first-order valence-corrected chi connectivity index (χ1v) is 5.89. The molecule has 0 aliphatic rings. The maximum absolute atomic E-state index is 4.35. The van der Waals surface area contributed by atoms with E-state index in [1.54, 1.807) is 0 Å². The lowest BCUT2D eigenvalue weighted by molar-refractivity contribution is 0.441. The lowest BCUT2D eigenvalue weighted by Crippen LogP contribution is -2.20. The number of rotatable bonds is 3. The van der Waals surface area contributed by atoms with E-state index in [1.807, 2.05) is 30.6 Å². The minimum atomic E-state index is 0.244. The van der Waals surface area contributed by atoms with Gasteiger partial charge < -0.3 is 5.32 Å². The third-order valence-corrected chi connectivity index (χ3v) is 2.45. The van der Waals surface area contributed by atoms with Crippen molar-refractivity contribution in [2.24, 2.45) is 5.41 Å². The Hall–Kier alpha value is -1.77. The van der Waals surface area contributed by atoms with Crippen LogP contribution in [0.4, 0.5) is 5.95 Å². The van der Waals surface area contributed by atoms with Gasteiger partial charge in [-0.3, -0.25) is 4.57 Å². The number of hydrogen-bond acceptors (Lipinski definition) is 2. The molecule has 90 valence electrons. The van der Waals surface area contributed by atoms with E-state index >= 15 is 0 Å². The maximum Gasteiger partial charge on any atom is 0.207 e. The minimum absolute atomic E-state index is 0.244. The second-order valence-electron chi connectivity index (χ2n) is 5.37. The molecule has 0 fully saturated rings. The van der Waals surface area contributed by atoms with Crippen molar-refractivity contribution in [1.29, 1.82) is 0 Å². The molecule has 0 saturated heterocycles. The smallest absolute Gasteiger partial charge is 0.207 e. The van der Waals surface area contributed by atoms with Gasteiger partial charge in [0.05, 0.1) is 0 Å². The van der Waals surface area contributed by atoms with Gasteiger partial charge in [0, 0.05) is 24.6 Å². The van der Waals surface area contributed by atoms with Crippen LogP contribution < -0.4 is 5.32 Å². The molecule has 0 unspecified atom stereocenters. The Morgan fingerprint density at radius 3 is 2.53 bits per heavy atom. The average Bonchev–Trinajstić information content (AvgIpc) is 2.75. The van der Waals surface area contributed by atoms with Crippen LogP contribution in [-0.4, -0.2) is 16.1 Å². The topological polar surface area (TPSA) is 29.9 Å². The standard InChI is InChI=1S/C14H19N3/c1-14(2,3)11-16-13-15-9-10-17(13)12-7-5-4-6-8-12/h4-10H,11H2,1-3H3,(H,15,16). The Labute approximate surface area is 103 Å². The number of nitrogens with one attached hydrogen (secondary N) is 1. The molecule has 0 bridgehead atoms. The fraction of sp³-hybridized carbons (Fsp3) is 0.357. The Kier molecular flexibility index (Phi) is 3.18. The lowest BCUT2D eigenvalue weighted by atomic mass is 9.97. The van der Waals surface area contributed by atoms with Gasteiger partial charge in [-0.2, -0.15) is 0 Å². The number of para-hydroxylation sites is 1. The van der Waals surface area contributed by atoms with Gasteiger partial charge in [0.2, 0.25) is 5.95 Å². The van der Waals surface area contributed by atoms with Gasteiger partial charge in [0.25, 0.3) is 0 Å². The Morgan fingerprint density at radius 2 is 1.88 bits per heavy atom. The zero-order chi connectivity index (χ0) is 12.3. The molecule has 1 N–H and O–H groups in total. The van der Waals surface area contributed by atoms with E-state index in [0.29, 0.717) is 0 Å². The van der Waals surface area contributed by atoms with E-state index in [2.05, 4.69) is 47.8 Å². The van der Waals surface area contributed by atoms with Crippen molar-refractivity contribution in [2.75, 3.05) is 11.9 Å². The van der Waals surface area contributed by atoms with E-state index < -0.39 is 0 Å². The Bertz CT molecular complexity index is 466. The zero-order valence-electron chi connectivity index (χ0n) is 10.6. The van der Waals surface area contributed by atoms with Gasteiger partial charge in [0.1, 0.15) is 0 Å². The minimum Gasteiger partial charge on any atom is -0.355 e. The molecule has 0 amide bonds. The number of imidazole rings is 1. The SMILES string of the molecule is CC(C)(C)CNc1nccn1-c1ccccc1. The third kappa shape index (κ3) is 3.09. The highest BCUT2D eigenvalue weighted by molar-refractivity contribution is 5.41. The summed E-state index contributed by atoms with van der Waals surface area (Å²) in [5.41, 5.74) is 1.37. The summed E-state index contributed by atoms with van der Waals surface area (Å²) >= 11 is 0. The summed E-state index contributed by atoms with van der Waals surface area (Å²) in [4.78, 5) is 4.35. The molecule has 2 aromatic rings. The summed E-state index contributed by atoms with van der Waals surface area (Å²) in [6.45, 7) is 7.51. The Balaban J connectivity index is 2.18. The fourth-order valence-electron chi connectivity index (χ4n) is 1.58. The predicted octanol–water partition coefficient (Wildman–Crippen LogP) is 3.33. The average molecular weight is 229 g/mol. The van der Waals surface area contributed by atoms with E-state index in [4.69, 9.17) is 0 Å². The van der Waals surface area contributed by atoms with Crippen LogP contribution in [0.25, 0.3) is 5.69 Å². The summed E-state index contributed by atoms with van der Waals surface area (Å²) < 4.78 is 2.06. The summed E-state index contributed by atoms with van der Waals surface area (Å²) in [5, 5.41) is 3.38. The van der Waals surface area contributed by atoms with Crippen LogP contribution >= 0.6 is 0 Å². The fourth-order valence-corrected chi connectivity index (χ4v) is 1.58. The molecular weight excluding hydrogens is 210 g/mol. The molecule has 1 aromatic heterocycles. The molecule has 3 heteroatoms. The van der Waals surface area contributed by atoms with Gasteiger partial charge in [-0.05, 0) is 17.5 Å². The molecule has 2 rings (SSSR count). The number of hydrogen-bond donors (Lipinski definition) is 1. The van der Waals surface area contributed by atoms with Gasteiger partial charge in [-0.25, -0.2) is 4.98 Å². The van der Waals surface area contributed by atoms with Crippen LogP contribution in [0, 0.1) is 5.41 Å². The summed E-state index contributed by atoms with van der Waals surface area (Å²) in [6, 6.07) is 10.2. The van der Waals surface area contributed by atoms with E-state index in [-0.39, 0.29) is 5.41 Å². The predicted molar refractivity (Wildman–Crippen MR) is 71.5 cm³/mol. The monoisotopic (exact) mass is 229 g/mol. The number of anilines is 1. The van der Waals surface area contributed by atoms with Crippen molar-refractivity contribution in [2.45, 2.75) is 20.8 Å². The van der Waals surface area contributed by atoms with Crippen molar-refractivity contribution in [3.63, 3.8) is 0 Å². The molecule has 17 heavy (non-hydrogen) atoms. The molecule has 0 aliphatic heterocycles. The highest BCUT2D eigenvalue weighted by Crippen LogP contribution is 2.17. The van der Waals surface area contributed by atoms with E-state index in [0.717, 1.165) is 18.2 Å². The molecule has 0 atom stereocenters. The van der Waals surface area contributed by atoms with Crippen molar-refractivity contribution >= 4 is 5.95 Å². The van der Waals surface area contributed by atoms with Crippen molar-refractivity contribution in [3.8, 4) is 5.69 Å². The molecule has 1 heterocycles. The number of aromatic nitrogens is 2. The zero-order valence-corrected chi connectivity index (χ0v) is 10.6. The molecule has 0 spiro atoms. The van der Waals surface area contributed by atoms with Crippen LogP contribution in [0.2, 0.25) is 0 Å². The first kappa shape index (κ1) is 11.7. The summed E-state index contributed by atoms with van der Waals surface area (Å²) in [7, 11) is 0. The molecule has 0 radical (unpaired) electrons. The molecular formula is C14H19N3. The van der Waals surface area contributed by atoms with Gasteiger partial charge in [-0.15, -0.1) is 0 Å². The molecule has 3 nitrogen and oxygen atoms in total. The highest BCUT2D eigenvalue weighted by atomic mass is 15.2. The Morgan fingerprint density at radius 1 is 1.18 bits per heavy atom. The van der Waals surface area contributed by atoms with Gasteiger partial charge in [-0.1, -0.05) is 39.0 Å². The maximum atomic E-state index is 4.35. The van der Waals surface area contributed by atoms with Gasteiger partial charge >= 0.3 is 0 Å². The summed E-state index contributed by atoms with van der Waals surface area (Å²) in [6.07, 6.45) is 3.79. The van der Waals surface area contributed by atoms with Crippen LogP contribution in [0.5, 0.6) is 0 Å².